The largest absolute Gasteiger partial charge is 0.401 e. The van der Waals surface area contributed by atoms with E-state index in [1.54, 1.807) is 0 Å². The Morgan fingerprint density at radius 3 is 2.18 bits per heavy atom. The number of hydrogen-bond donors (Lipinski definition) is 0. The summed E-state index contributed by atoms with van der Waals surface area (Å²) >= 11 is 3.11. The predicted octanol–water partition coefficient (Wildman–Crippen LogP) is 3.58. The van der Waals surface area contributed by atoms with Gasteiger partial charge in [-0.3, -0.25) is 4.90 Å². The van der Waals surface area contributed by atoms with Crippen LogP contribution >= 0.6 is 15.9 Å². The van der Waals surface area contributed by atoms with Gasteiger partial charge in [0, 0.05) is 18.4 Å². The molecule has 1 aromatic rings. The van der Waals surface area contributed by atoms with Crippen LogP contribution in [0.4, 0.5) is 17.6 Å². The van der Waals surface area contributed by atoms with Crippen LogP contribution < -0.4 is 0 Å². The molecule has 0 aliphatic rings. The summed E-state index contributed by atoms with van der Waals surface area (Å²) in [7, 11) is 0. The molecule has 96 valence electrons. The number of nitrogens with zero attached hydrogens (tertiary/aromatic N) is 1. The predicted molar refractivity (Wildman–Crippen MR) is 61.5 cm³/mol. The second-order valence-electron chi connectivity index (χ2n) is 3.64. The van der Waals surface area contributed by atoms with Crippen molar-refractivity contribution in [3.63, 3.8) is 0 Å². The lowest BCUT2D eigenvalue weighted by atomic mass is 10.2. The highest BCUT2D eigenvalue weighted by Crippen LogP contribution is 2.18. The maximum absolute atomic E-state index is 12.6. The second kappa shape index (κ2) is 6.35. The smallest absolute Gasteiger partial charge is 0.290 e. The first kappa shape index (κ1) is 14.4. The summed E-state index contributed by atoms with van der Waals surface area (Å²) in [5, 5.41) is 0.463. The van der Waals surface area contributed by atoms with E-state index in [0.717, 1.165) is 0 Å². The van der Waals surface area contributed by atoms with Crippen LogP contribution in [0.25, 0.3) is 0 Å². The molecule has 17 heavy (non-hydrogen) atoms. The van der Waals surface area contributed by atoms with Crippen LogP contribution in [0.2, 0.25) is 0 Å². The Labute approximate surface area is 106 Å². The fourth-order valence-corrected chi connectivity index (χ4v) is 1.94. The summed E-state index contributed by atoms with van der Waals surface area (Å²) in [5.74, 6) is -0.392. The van der Waals surface area contributed by atoms with Gasteiger partial charge >= 0.3 is 6.18 Å². The van der Waals surface area contributed by atoms with Gasteiger partial charge in [0.15, 0.2) is 0 Å². The van der Waals surface area contributed by atoms with Crippen LogP contribution in [0, 0.1) is 5.82 Å². The Kier molecular flexibility index (Phi) is 5.39. The lowest BCUT2D eigenvalue weighted by molar-refractivity contribution is -0.146. The van der Waals surface area contributed by atoms with E-state index in [4.69, 9.17) is 0 Å². The van der Waals surface area contributed by atoms with Gasteiger partial charge in [0.1, 0.15) is 5.82 Å². The highest BCUT2D eigenvalue weighted by atomic mass is 79.9. The zero-order chi connectivity index (χ0) is 12.9. The molecule has 0 N–H and O–H groups in total. The summed E-state index contributed by atoms with van der Waals surface area (Å²) in [6.07, 6.45) is -4.22. The zero-order valence-electron chi connectivity index (χ0n) is 8.97. The van der Waals surface area contributed by atoms with Crippen molar-refractivity contribution in [1.82, 2.24) is 4.90 Å². The maximum atomic E-state index is 12.6. The van der Waals surface area contributed by atoms with Crippen LogP contribution in [0.3, 0.4) is 0 Å². The van der Waals surface area contributed by atoms with E-state index in [1.807, 2.05) is 0 Å². The van der Waals surface area contributed by atoms with Gasteiger partial charge in [-0.2, -0.15) is 13.2 Å². The Morgan fingerprint density at radius 2 is 1.71 bits per heavy atom. The molecule has 0 radical (unpaired) electrons. The lowest BCUT2D eigenvalue weighted by Crippen LogP contribution is -2.35. The van der Waals surface area contributed by atoms with Crippen molar-refractivity contribution >= 4 is 15.9 Å². The first-order valence-corrected chi connectivity index (χ1v) is 6.12. The highest BCUT2D eigenvalue weighted by molar-refractivity contribution is 9.09. The molecule has 0 heterocycles. The summed E-state index contributed by atoms with van der Waals surface area (Å²) < 4.78 is 49.5. The van der Waals surface area contributed by atoms with E-state index in [2.05, 4.69) is 15.9 Å². The lowest BCUT2D eigenvalue weighted by Gasteiger charge is -2.22. The topological polar surface area (TPSA) is 3.24 Å². The van der Waals surface area contributed by atoms with Crippen LogP contribution in [0.15, 0.2) is 24.3 Å². The molecule has 1 nitrogen and oxygen atoms in total. The summed E-state index contributed by atoms with van der Waals surface area (Å²) in [5.41, 5.74) is 0.664. The fourth-order valence-electron chi connectivity index (χ4n) is 1.44. The van der Waals surface area contributed by atoms with Crippen molar-refractivity contribution < 1.29 is 17.6 Å². The van der Waals surface area contributed by atoms with Crippen molar-refractivity contribution in [2.45, 2.75) is 12.7 Å². The molecule has 0 atom stereocenters. The number of halogens is 5. The number of benzene rings is 1. The van der Waals surface area contributed by atoms with E-state index in [-0.39, 0.29) is 13.1 Å². The summed E-state index contributed by atoms with van der Waals surface area (Å²) in [6.45, 7) is -0.516. The number of rotatable bonds is 5. The normalized spacial score (nSPS) is 12.1. The molecule has 0 fully saturated rings. The van der Waals surface area contributed by atoms with Gasteiger partial charge in [-0.15, -0.1) is 0 Å². The molecule has 0 aliphatic heterocycles. The van der Waals surface area contributed by atoms with E-state index in [0.29, 0.717) is 10.9 Å². The molecule has 6 heteroatoms. The average Bonchev–Trinajstić information content (AvgIpc) is 2.19. The van der Waals surface area contributed by atoms with Gasteiger partial charge in [-0.1, -0.05) is 28.1 Å². The molecule has 0 unspecified atom stereocenters. The van der Waals surface area contributed by atoms with Crippen molar-refractivity contribution in [2.75, 3.05) is 18.4 Å². The minimum Gasteiger partial charge on any atom is -0.290 e. The molecule has 0 spiro atoms. The quantitative estimate of drug-likeness (QED) is 0.593. The third-order valence-corrected chi connectivity index (χ3v) is 2.48. The molecule has 0 aliphatic carbocycles. The minimum absolute atomic E-state index is 0.158. The minimum atomic E-state index is -4.22. The average molecular weight is 314 g/mol. The van der Waals surface area contributed by atoms with E-state index in [9.17, 15) is 17.6 Å². The van der Waals surface area contributed by atoms with Crippen molar-refractivity contribution in [3.8, 4) is 0 Å². The molecule has 0 saturated heterocycles. The van der Waals surface area contributed by atoms with E-state index >= 15 is 0 Å². The van der Waals surface area contributed by atoms with Gasteiger partial charge in [0.05, 0.1) is 6.54 Å². The van der Waals surface area contributed by atoms with Crippen LogP contribution in [-0.2, 0) is 6.54 Å². The van der Waals surface area contributed by atoms with Gasteiger partial charge < -0.3 is 0 Å². The van der Waals surface area contributed by atoms with Crippen molar-refractivity contribution in [1.29, 1.82) is 0 Å². The first-order chi connectivity index (χ1) is 7.90. The summed E-state index contributed by atoms with van der Waals surface area (Å²) in [4.78, 5) is 1.27. The number of alkyl halides is 4. The van der Waals surface area contributed by atoms with Crippen molar-refractivity contribution in [2.24, 2.45) is 0 Å². The Balaban J connectivity index is 2.63. The van der Waals surface area contributed by atoms with Gasteiger partial charge in [0.2, 0.25) is 0 Å². The maximum Gasteiger partial charge on any atom is 0.401 e. The van der Waals surface area contributed by atoms with Gasteiger partial charge in [-0.05, 0) is 17.7 Å². The Morgan fingerprint density at radius 1 is 1.12 bits per heavy atom. The van der Waals surface area contributed by atoms with Crippen LogP contribution in [0.5, 0.6) is 0 Å². The van der Waals surface area contributed by atoms with E-state index in [1.165, 1.54) is 29.2 Å². The van der Waals surface area contributed by atoms with Gasteiger partial charge in [0.25, 0.3) is 0 Å². The molecule has 1 rings (SSSR count). The Hall–Kier alpha value is -0.620. The SMILES string of the molecule is Fc1ccc(CN(CCBr)CC(F)(F)F)cc1. The molecule has 0 aromatic heterocycles. The van der Waals surface area contributed by atoms with Gasteiger partial charge in [-0.25, -0.2) is 4.39 Å². The van der Waals surface area contributed by atoms with Crippen molar-refractivity contribution in [3.05, 3.63) is 35.6 Å². The molecule has 1 aromatic carbocycles. The third kappa shape index (κ3) is 6.02. The van der Waals surface area contributed by atoms with Crippen LogP contribution in [-0.4, -0.2) is 29.5 Å². The first-order valence-electron chi connectivity index (χ1n) is 5.00. The van der Waals surface area contributed by atoms with E-state index < -0.39 is 18.5 Å². The summed E-state index contributed by atoms with van der Waals surface area (Å²) in [6, 6.07) is 5.48. The highest BCUT2D eigenvalue weighted by Gasteiger charge is 2.30. The monoisotopic (exact) mass is 313 g/mol. The second-order valence-corrected chi connectivity index (χ2v) is 4.43. The molecule has 0 amide bonds. The molecule has 0 bridgehead atoms. The molecule has 0 saturated carbocycles. The fraction of sp³-hybridized carbons (Fsp3) is 0.455. The molecular formula is C11H12BrF4N. The standard InChI is InChI=1S/C11H12BrF4N/c12-5-6-17(8-11(14,15)16)7-9-1-3-10(13)4-2-9/h1-4H,5-8H2. The number of hydrogen-bond acceptors (Lipinski definition) is 1. The third-order valence-electron chi connectivity index (χ3n) is 2.12. The van der Waals surface area contributed by atoms with Crippen LogP contribution in [0.1, 0.15) is 5.56 Å². The zero-order valence-corrected chi connectivity index (χ0v) is 10.6. The molecular weight excluding hydrogens is 302 g/mol. The Bertz CT molecular complexity index is 336.